The first-order valence-corrected chi connectivity index (χ1v) is 9.24. The maximum atomic E-state index is 12.7. The fourth-order valence-corrected chi connectivity index (χ4v) is 4.23. The highest BCUT2D eigenvalue weighted by atomic mass is 32.2. The molecule has 0 saturated carbocycles. The van der Waals surface area contributed by atoms with E-state index in [0.717, 1.165) is 31.6 Å². The number of aryl methyl sites for hydroxylation is 3. The second-order valence-electron chi connectivity index (χ2n) is 6.29. The second kappa shape index (κ2) is 7.34. The van der Waals surface area contributed by atoms with Crippen molar-refractivity contribution >= 4 is 17.7 Å². The monoisotopic (exact) mass is 341 g/mol. The number of carbonyl (C=O) groups is 1. The standard InChI is InChI=1S/C19H23N3OS/c1-13-6-4-5-7-18(13)24-16-8-10-22(11-9-16)19(23)17-12-20-15(3)21-14(17)2/h4-7,12,16H,8-11H2,1-3H3. The maximum absolute atomic E-state index is 12.7. The Morgan fingerprint density at radius 2 is 1.88 bits per heavy atom. The van der Waals surface area contributed by atoms with Crippen molar-refractivity contribution in [1.29, 1.82) is 0 Å². The van der Waals surface area contributed by atoms with Gasteiger partial charge in [0.2, 0.25) is 0 Å². The van der Waals surface area contributed by atoms with Gasteiger partial charge in [0.15, 0.2) is 0 Å². The number of hydrogen-bond donors (Lipinski definition) is 0. The highest BCUT2D eigenvalue weighted by molar-refractivity contribution is 8.00. The summed E-state index contributed by atoms with van der Waals surface area (Å²) in [5, 5.41) is 0.575. The molecule has 0 radical (unpaired) electrons. The van der Waals surface area contributed by atoms with E-state index in [1.54, 1.807) is 6.20 Å². The molecule has 24 heavy (non-hydrogen) atoms. The second-order valence-corrected chi connectivity index (χ2v) is 7.63. The molecule has 2 aromatic rings. The number of thioether (sulfide) groups is 1. The largest absolute Gasteiger partial charge is 0.338 e. The first kappa shape index (κ1) is 17.0. The average molecular weight is 341 g/mol. The zero-order valence-electron chi connectivity index (χ0n) is 14.5. The van der Waals surface area contributed by atoms with Crippen molar-refractivity contribution in [2.24, 2.45) is 0 Å². The van der Waals surface area contributed by atoms with Gasteiger partial charge in [-0.05, 0) is 45.2 Å². The summed E-state index contributed by atoms with van der Waals surface area (Å²) in [5.74, 6) is 0.768. The molecule has 0 spiro atoms. The SMILES string of the molecule is Cc1ncc(C(=O)N2CCC(Sc3ccccc3C)CC2)c(C)n1. The minimum absolute atomic E-state index is 0.0619. The Labute approximate surface area is 147 Å². The Morgan fingerprint density at radius 1 is 1.17 bits per heavy atom. The van der Waals surface area contributed by atoms with Crippen molar-refractivity contribution in [3.05, 3.63) is 53.1 Å². The lowest BCUT2D eigenvalue weighted by Crippen LogP contribution is -2.39. The number of likely N-dealkylation sites (tertiary alicyclic amines) is 1. The summed E-state index contributed by atoms with van der Waals surface area (Å²) in [6.07, 6.45) is 3.71. The van der Waals surface area contributed by atoms with E-state index in [2.05, 4.69) is 41.2 Å². The van der Waals surface area contributed by atoms with Crippen molar-refractivity contribution in [2.75, 3.05) is 13.1 Å². The summed E-state index contributed by atoms with van der Waals surface area (Å²) in [6.45, 7) is 7.48. The Hall–Kier alpha value is -1.88. The molecule has 3 rings (SSSR count). The molecule has 1 aromatic heterocycles. The molecular formula is C19H23N3OS. The summed E-state index contributed by atoms with van der Waals surface area (Å²) in [6, 6.07) is 8.51. The smallest absolute Gasteiger partial charge is 0.257 e. The fourth-order valence-electron chi connectivity index (χ4n) is 3.01. The van der Waals surface area contributed by atoms with E-state index in [4.69, 9.17) is 0 Å². The normalized spacial score (nSPS) is 15.5. The van der Waals surface area contributed by atoms with Gasteiger partial charge in [-0.3, -0.25) is 4.79 Å². The summed E-state index contributed by atoms with van der Waals surface area (Å²) < 4.78 is 0. The Morgan fingerprint density at radius 3 is 2.54 bits per heavy atom. The average Bonchev–Trinajstić information content (AvgIpc) is 2.57. The molecule has 4 nitrogen and oxygen atoms in total. The molecule has 1 saturated heterocycles. The third-order valence-corrected chi connectivity index (χ3v) is 5.96. The predicted octanol–water partition coefficient (Wildman–Crippen LogP) is 3.80. The molecular weight excluding hydrogens is 318 g/mol. The molecule has 1 fully saturated rings. The molecule has 1 aliphatic rings. The topological polar surface area (TPSA) is 46.1 Å². The molecule has 2 heterocycles. The number of amides is 1. The van der Waals surface area contributed by atoms with Gasteiger partial charge in [0.05, 0.1) is 11.3 Å². The van der Waals surface area contributed by atoms with Crippen LogP contribution in [0.4, 0.5) is 0 Å². The third kappa shape index (κ3) is 3.78. The van der Waals surface area contributed by atoms with Crippen molar-refractivity contribution in [3.63, 3.8) is 0 Å². The van der Waals surface area contributed by atoms with Gasteiger partial charge in [0.1, 0.15) is 5.82 Å². The first-order chi connectivity index (χ1) is 11.5. The van der Waals surface area contributed by atoms with E-state index >= 15 is 0 Å². The first-order valence-electron chi connectivity index (χ1n) is 8.36. The highest BCUT2D eigenvalue weighted by Crippen LogP contribution is 2.32. The van der Waals surface area contributed by atoms with Crippen LogP contribution in [-0.2, 0) is 0 Å². The van der Waals surface area contributed by atoms with E-state index in [9.17, 15) is 4.79 Å². The molecule has 126 valence electrons. The van der Waals surface area contributed by atoms with Crippen LogP contribution in [0, 0.1) is 20.8 Å². The van der Waals surface area contributed by atoms with E-state index in [1.807, 2.05) is 30.5 Å². The summed E-state index contributed by atoms with van der Waals surface area (Å²) in [5.41, 5.74) is 2.72. The van der Waals surface area contributed by atoms with E-state index < -0.39 is 0 Å². The van der Waals surface area contributed by atoms with Crippen molar-refractivity contribution < 1.29 is 4.79 Å². The molecule has 1 aliphatic heterocycles. The molecule has 0 unspecified atom stereocenters. The van der Waals surface area contributed by atoms with Crippen LogP contribution in [0.25, 0.3) is 0 Å². The van der Waals surface area contributed by atoms with Gasteiger partial charge in [-0.15, -0.1) is 11.8 Å². The lowest BCUT2D eigenvalue weighted by molar-refractivity contribution is 0.0725. The molecule has 1 aromatic carbocycles. The summed E-state index contributed by atoms with van der Waals surface area (Å²) in [7, 11) is 0. The molecule has 0 atom stereocenters. The molecule has 1 amide bonds. The quantitative estimate of drug-likeness (QED) is 0.852. The van der Waals surface area contributed by atoms with E-state index in [1.165, 1.54) is 10.5 Å². The van der Waals surface area contributed by atoms with Gasteiger partial charge in [-0.1, -0.05) is 18.2 Å². The van der Waals surface area contributed by atoms with Crippen LogP contribution in [0.3, 0.4) is 0 Å². The van der Waals surface area contributed by atoms with Crippen LogP contribution in [0.2, 0.25) is 0 Å². The van der Waals surface area contributed by atoms with Crippen LogP contribution in [0.1, 0.15) is 40.3 Å². The number of rotatable bonds is 3. The van der Waals surface area contributed by atoms with Crippen molar-refractivity contribution in [2.45, 2.75) is 43.8 Å². The molecule has 0 N–H and O–H groups in total. The van der Waals surface area contributed by atoms with E-state index in [0.29, 0.717) is 16.6 Å². The summed E-state index contributed by atoms with van der Waals surface area (Å²) >= 11 is 1.94. The number of nitrogens with zero attached hydrogens (tertiary/aromatic N) is 3. The molecule has 0 aliphatic carbocycles. The van der Waals surface area contributed by atoms with E-state index in [-0.39, 0.29) is 5.91 Å². The fraction of sp³-hybridized carbons (Fsp3) is 0.421. The number of aromatic nitrogens is 2. The molecule has 5 heteroatoms. The van der Waals surface area contributed by atoms with Gasteiger partial charge in [0, 0.05) is 29.4 Å². The van der Waals surface area contributed by atoms with Crippen molar-refractivity contribution in [1.82, 2.24) is 14.9 Å². The Kier molecular flexibility index (Phi) is 5.19. The third-order valence-electron chi connectivity index (χ3n) is 4.45. The predicted molar refractivity (Wildman–Crippen MR) is 97.5 cm³/mol. The Bertz CT molecular complexity index is 739. The lowest BCUT2D eigenvalue weighted by Gasteiger charge is -2.32. The van der Waals surface area contributed by atoms with Gasteiger partial charge < -0.3 is 4.90 Å². The number of piperidine rings is 1. The minimum Gasteiger partial charge on any atom is -0.338 e. The van der Waals surface area contributed by atoms with Crippen molar-refractivity contribution in [3.8, 4) is 0 Å². The van der Waals surface area contributed by atoms with Gasteiger partial charge in [-0.2, -0.15) is 0 Å². The molecule has 0 bridgehead atoms. The minimum atomic E-state index is 0.0619. The van der Waals surface area contributed by atoms with Crippen LogP contribution in [0.15, 0.2) is 35.4 Å². The number of carbonyl (C=O) groups excluding carboxylic acids is 1. The number of hydrogen-bond acceptors (Lipinski definition) is 4. The van der Waals surface area contributed by atoms with Crippen LogP contribution in [0.5, 0.6) is 0 Å². The maximum Gasteiger partial charge on any atom is 0.257 e. The van der Waals surface area contributed by atoms with Crippen LogP contribution < -0.4 is 0 Å². The zero-order valence-corrected chi connectivity index (χ0v) is 15.3. The zero-order chi connectivity index (χ0) is 17.1. The van der Waals surface area contributed by atoms with Gasteiger partial charge >= 0.3 is 0 Å². The van der Waals surface area contributed by atoms with Crippen LogP contribution >= 0.6 is 11.8 Å². The van der Waals surface area contributed by atoms with Gasteiger partial charge in [-0.25, -0.2) is 9.97 Å². The summed E-state index contributed by atoms with van der Waals surface area (Å²) in [4.78, 5) is 24.5. The lowest BCUT2D eigenvalue weighted by atomic mass is 10.1. The highest BCUT2D eigenvalue weighted by Gasteiger charge is 2.25. The Balaban J connectivity index is 1.60. The van der Waals surface area contributed by atoms with Crippen LogP contribution in [-0.4, -0.2) is 39.1 Å². The van der Waals surface area contributed by atoms with Gasteiger partial charge in [0.25, 0.3) is 5.91 Å². The number of benzene rings is 1.